The standard InChI is InChI=1S/C15H16N2O4/c1-10(16)11-3-5-12(6-4-11)21-13-7-8-15(20-2)14(9-13)17(18)19/h3-10H,16H2,1-2H3/t10-/m0/s1. The van der Waals surface area contributed by atoms with Crippen molar-refractivity contribution in [3.05, 3.63) is 58.1 Å². The van der Waals surface area contributed by atoms with Crippen LogP contribution in [-0.2, 0) is 0 Å². The van der Waals surface area contributed by atoms with Crippen molar-refractivity contribution in [3.63, 3.8) is 0 Å². The minimum absolute atomic E-state index is 0.0545. The van der Waals surface area contributed by atoms with Crippen LogP contribution >= 0.6 is 0 Å². The molecule has 0 bridgehead atoms. The first-order chi connectivity index (χ1) is 10.0. The molecule has 1 atom stereocenters. The average molecular weight is 288 g/mol. The summed E-state index contributed by atoms with van der Waals surface area (Å²) in [5.41, 5.74) is 6.62. The summed E-state index contributed by atoms with van der Waals surface area (Å²) in [6.07, 6.45) is 0. The van der Waals surface area contributed by atoms with E-state index < -0.39 is 4.92 Å². The third kappa shape index (κ3) is 3.49. The van der Waals surface area contributed by atoms with Crippen LogP contribution in [0.1, 0.15) is 18.5 Å². The number of nitrogens with two attached hydrogens (primary N) is 1. The molecule has 2 aromatic rings. The van der Waals surface area contributed by atoms with E-state index in [2.05, 4.69) is 0 Å². The molecule has 21 heavy (non-hydrogen) atoms. The SMILES string of the molecule is COc1ccc(Oc2ccc([C@H](C)N)cc2)cc1[N+](=O)[O-]. The minimum Gasteiger partial charge on any atom is -0.490 e. The van der Waals surface area contributed by atoms with Gasteiger partial charge in [-0.15, -0.1) is 0 Å². The first-order valence-electron chi connectivity index (χ1n) is 6.37. The Morgan fingerprint density at radius 3 is 2.29 bits per heavy atom. The predicted molar refractivity (Wildman–Crippen MR) is 78.8 cm³/mol. The van der Waals surface area contributed by atoms with Crippen molar-refractivity contribution in [2.24, 2.45) is 5.73 Å². The van der Waals surface area contributed by atoms with E-state index in [-0.39, 0.29) is 17.5 Å². The van der Waals surface area contributed by atoms with Crippen molar-refractivity contribution in [2.45, 2.75) is 13.0 Å². The second-order valence-corrected chi connectivity index (χ2v) is 4.55. The molecule has 0 aliphatic rings. The summed E-state index contributed by atoms with van der Waals surface area (Å²) in [6.45, 7) is 1.89. The summed E-state index contributed by atoms with van der Waals surface area (Å²) in [5.74, 6) is 1.15. The van der Waals surface area contributed by atoms with Crippen molar-refractivity contribution in [2.75, 3.05) is 7.11 Å². The van der Waals surface area contributed by atoms with E-state index in [1.165, 1.54) is 19.2 Å². The maximum absolute atomic E-state index is 11.0. The molecule has 110 valence electrons. The van der Waals surface area contributed by atoms with Crippen LogP contribution in [0.15, 0.2) is 42.5 Å². The van der Waals surface area contributed by atoms with Gasteiger partial charge in [-0.3, -0.25) is 10.1 Å². The van der Waals surface area contributed by atoms with Crippen molar-refractivity contribution in [3.8, 4) is 17.2 Å². The lowest BCUT2D eigenvalue weighted by Crippen LogP contribution is -2.04. The number of ether oxygens (including phenoxy) is 2. The van der Waals surface area contributed by atoms with E-state index in [1.807, 2.05) is 19.1 Å². The van der Waals surface area contributed by atoms with Crippen LogP contribution < -0.4 is 15.2 Å². The van der Waals surface area contributed by atoms with Gasteiger partial charge in [0, 0.05) is 6.04 Å². The third-order valence-corrected chi connectivity index (χ3v) is 2.99. The fourth-order valence-electron chi connectivity index (χ4n) is 1.85. The molecule has 2 N–H and O–H groups in total. The summed E-state index contributed by atoms with van der Waals surface area (Å²) in [7, 11) is 1.38. The molecular weight excluding hydrogens is 272 g/mol. The number of nitro benzene ring substituents is 1. The van der Waals surface area contributed by atoms with E-state index in [0.29, 0.717) is 11.5 Å². The van der Waals surface area contributed by atoms with Gasteiger partial charge < -0.3 is 15.2 Å². The highest BCUT2D eigenvalue weighted by molar-refractivity contribution is 5.51. The van der Waals surface area contributed by atoms with Gasteiger partial charge in [0.05, 0.1) is 18.1 Å². The van der Waals surface area contributed by atoms with Crippen molar-refractivity contribution < 1.29 is 14.4 Å². The second kappa shape index (κ2) is 6.23. The first kappa shape index (κ1) is 14.8. The Morgan fingerprint density at radius 2 is 1.76 bits per heavy atom. The van der Waals surface area contributed by atoms with Gasteiger partial charge in [-0.1, -0.05) is 12.1 Å². The molecule has 6 nitrogen and oxygen atoms in total. The molecule has 0 amide bonds. The number of methoxy groups -OCH3 is 1. The quantitative estimate of drug-likeness (QED) is 0.672. The number of hydrogen-bond acceptors (Lipinski definition) is 5. The molecule has 0 aliphatic carbocycles. The zero-order valence-electron chi connectivity index (χ0n) is 11.8. The monoisotopic (exact) mass is 288 g/mol. The average Bonchev–Trinajstić information content (AvgIpc) is 2.47. The number of nitro groups is 1. The predicted octanol–water partition coefficient (Wildman–Crippen LogP) is 3.42. The molecule has 0 aromatic heterocycles. The summed E-state index contributed by atoms with van der Waals surface area (Å²) < 4.78 is 10.5. The van der Waals surface area contributed by atoms with Crippen LogP contribution in [0.3, 0.4) is 0 Å². The largest absolute Gasteiger partial charge is 0.490 e. The van der Waals surface area contributed by atoms with Gasteiger partial charge in [-0.2, -0.15) is 0 Å². The molecule has 0 unspecified atom stereocenters. The van der Waals surface area contributed by atoms with Gasteiger partial charge in [0.15, 0.2) is 5.75 Å². The molecule has 0 saturated carbocycles. The van der Waals surface area contributed by atoms with Gasteiger partial charge >= 0.3 is 5.69 Å². The highest BCUT2D eigenvalue weighted by Gasteiger charge is 2.16. The lowest BCUT2D eigenvalue weighted by atomic mass is 10.1. The molecule has 2 aromatic carbocycles. The molecule has 0 fully saturated rings. The Balaban J connectivity index is 2.23. The Bertz CT molecular complexity index is 639. The normalized spacial score (nSPS) is 11.8. The van der Waals surface area contributed by atoms with Gasteiger partial charge in [-0.05, 0) is 36.8 Å². The first-order valence-corrected chi connectivity index (χ1v) is 6.37. The molecule has 0 saturated heterocycles. The summed E-state index contributed by atoms with van der Waals surface area (Å²) in [5, 5.41) is 11.0. The Morgan fingerprint density at radius 1 is 1.14 bits per heavy atom. The summed E-state index contributed by atoms with van der Waals surface area (Å²) >= 11 is 0. The molecule has 6 heteroatoms. The lowest BCUT2D eigenvalue weighted by molar-refractivity contribution is -0.385. The Kier molecular flexibility index (Phi) is 4.39. The topological polar surface area (TPSA) is 87.6 Å². The van der Waals surface area contributed by atoms with Crippen LogP contribution in [0.2, 0.25) is 0 Å². The van der Waals surface area contributed by atoms with Crippen LogP contribution in [0.4, 0.5) is 5.69 Å². The van der Waals surface area contributed by atoms with Crippen LogP contribution in [0.5, 0.6) is 17.2 Å². The number of hydrogen-bond donors (Lipinski definition) is 1. The molecule has 0 spiro atoms. The second-order valence-electron chi connectivity index (χ2n) is 4.55. The smallest absolute Gasteiger partial charge is 0.314 e. The fraction of sp³-hybridized carbons (Fsp3) is 0.200. The van der Waals surface area contributed by atoms with E-state index in [1.54, 1.807) is 18.2 Å². The van der Waals surface area contributed by atoms with Crippen molar-refractivity contribution in [1.82, 2.24) is 0 Å². The van der Waals surface area contributed by atoms with Crippen molar-refractivity contribution in [1.29, 1.82) is 0 Å². The fourth-order valence-corrected chi connectivity index (χ4v) is 1.85. The van der Waals surface area contributed by atoms with E-state index in [9.17, 15) is 10.1 Å². The zero-order chi connectivity index (χ0) is 15.4. The molecule has 0 aliphatic heterocycles. The van der Waals surface area contributed by atoms with E-state index in [4.69, 9.17) is 15.2 Å². The van der Waals surface area contributed by atoms with Gasteiger partial charge in [-0.25, -0.2) is 0 Å². The maximum atomic E-state index is 11.0. The Labute approximate surface area is 122 Å². The van der Waals surface area contributed by atoms with Gasteiger partial charge in [0.2, 0.25) is 0 Å². The van der Waals surface area contributed by atoms with Crippen LogP contribution in [0, 0.1) is 10.1 Å². The van der Waals surface area contributed by atoms with Crippen LogP contribution in [-0.4, -0.2) is 12.0 Å². The lowest BCUT2D eigenvalue weighted by Gasteiger charge is -2.09. The van der Waals surface area contributed by atoms with E-state index in [0.717, 1.165) is 5.56 Å². The molecule has 2 rings (SSSR count). The van der Waals surface area contributed by atoms with Gasteiger partial charge in [0.1, 0.15) is 11.5 Å². The third-order valence-electron chi connectivity index (χ3n) is 2.99. The highest BCUT2D eigenvalue weighted by Crippen LogP contribution is 2.33. The number of nitrogens with zero attached hydrogens (tertiary/aromatic N) is 1. The Hall–Kier alpha value is -2.60. The number of benzene rings is 2. The number of rotatable bonds is 5. The molecule has 0 heterocycles. The van der Waals surface area contributed by atoms with Gasteiger partial charge in [0.25, 0.3) is 0 Å². The minimum atomic E-state index is -0.509. The summed E-state index contributed by atoms with van der Waals surface area (Å²) in [6, 6.07) is 11.7. The van der Waals surface area contributed by atoms with E-state index >= 15 is 0 Å². The molecular formula is C15H16N2O4. The van der Waals surface area contributed by atoms with Crippen molar-refractivity contribution >= 4 is 5.69 Å². The summed E-state index contributed by atoms with van der Waals surface area (Å²) in [4.78, 5) is 10.5. The maximum Gasteiger partial charge on any atom is 0.314 e. The highest BCUT2D eigenvalue weighted by atomic mass is 16.6. The zero-order valence-corrected chi connectivity index (χ0v) is 11.8. The molecule has 0 radical (unpaired) electrons. The van der Waals surface area contributed by atoms with Crippen LogP contribution in [0.25, 0.3) is 0 Å².